The molecule has 0 aromatic heterocycles. The second-order valence-corrected chi connectivity index (χ2v) is 19.3. The molecule has 1 rings (SSSR count). The Morgan fingerprint density at radius 3 is 1.45 bits per heavy atom. The average Bonchev–Trinajstić information content (AvgIpc) is 3.27. The number of carbonyl (C=O) groups is 2. The third-order valence-electron chi connectivity index (χ3n) is 8.88. The third kappa shape index (κ3) is 36.2. The molecule has 0 spiro atoms. The van der Waals surface area contributed by atoms with Gasteiger partial charge in [-0.2, -0.15) is 0 Å². The number of hydrogen-bond donors (Lipinski definition) is 9. The van der Waals surface area contributed by atoms with E-state index >= 15 is 0 Å². The Labute approximate surface area is 428 Å². The van der Waals surface area contributed by atoms with E-state index in [0.717, 1.165) is 43.9 Å². The number of rotatable bonds is 29. The fourth-order valence-electron chi connectivity index (χ4n) is 5.78. The second kappa shape index (κ2) is 39.2. The van der Waals surface area contributed by atoms with Crippen LogP contribution in [0.4, 0.5) is 0 Å². The number of unbranched alkanes of at least 4 members (excludes halogenated alkanes) is 12. The topological polar surface area (TPSA) is 323 Å². The third-order valence-corrected chi connectivity index (χ3v) is 11.5. The Morgan fingerprint density at radius 2 is 1.00 bits per heavy atom. The van der Waals surface area contributed by atoms with Crippen LogP contribution in [-0.2, 0) is 50.9 Å². The lowest BCUT2D eigenvalue weighted by molar-refractivity contribution is -0.213. The molecule has 8 atom stereocenters. The molecule has 0 bridgehead atoms. The van der Waals surface area contributed by atoms with Crippen molar-refractivity contribution in [2.75, 3.05) is 20.0 Å². The van der Waals surface area contributed by atoms with Crippen LogP contribution in [0.1, 0.15) is 142 Å². The smallest absolute Gasteiger partial charge is 0.457 e. The number of thioether (sulfide) groups is 1. The summed E-state index contributed by atoms with van der Waals surface area (Å²) in [5, 5.41) is 42.8. The molecule has 1 saturated carbocycles. The van der Waals surface area contributed by atoms with Crippen molar-refractivity contribution < 1.29 is 114 Å². The summed E-state index contributed by atoms with van der Waals surface area (Å²) < 4.78 is 63.4. The quantitative estimate of drug-likeness (QED) is 0.0118. The Balaban J connectivity index is -0.0000000986. The lowest BCUT2D eigenvalue weighted by Gasteiger charge is -2.44. The minimum atomic E-state index is -5.56. The van der Waals surface area contributed by atoms with Crippen molar-refractivity contribution in [1.29, 1.82) is 0 Å². The molecule has 4 unspecified atom stereocenters. The maximum atomic E-state index is 12.7. The number of phosphoric ester groups is 3. The van der Waals surface area contributed by atoms with Crippen LogP contribution in [0.3, 0.4) is 0 Å². The molecule has 0 aromatic carbocycles. The van der Waals surface area contributed by atoms with Crippen LogP contribution in [0, 0.1) is 82.2 Å². The van der Waals surface area contributed by atoms with Crippen molar-refractivity contribution in [1.82, 2.24) is 0 Å². The number of phosphoric acid groups is 3. The molecule has 1 fully saturated rings. The number of aliphatic hydroxyl groups excluding tert-OH is 4. The maximum absolute atomic E-state index is 12.7. The van der Waals surface area contributed by atoms with Crippen molar-refractivity contribution in [2.45, 2.75) is 166 Å². The lowest BCUT2D eigenvalue weighted by atomic mass is 9.85. The first kappa shape index (κ1) is 65.5. The zero-order valence-electron chi connectivity index (χ0n) is 38.7. The fraction of sp³-hybridized carbons (Fsp3) is 0.644. The van der Waals surface area contributed by atoms with Gasteiger partial charge in [0.2, 0.25) is 5.12 Å². The predicted octanol–water partition coefficient (Wildman–Crippen LogP) is 7.15. The minimum absolute atomic E-state index is 0. The minimum Gasteiger partial charge on any atom is -0.457 e. The molecule has 0 heterocycles. The zero-order chi connectivity index (χ0) is 52.0. The maximum Gasteiger partial charge on any atom is 0.472 e. The molecule has 0 saturated heterocycles. The summed E-state index contributed by atoms with van der Waals surface area (Å²) in [6.45, 7) is 3.70. The van der Waals surface area contributed by atoms with Gasteiger partial charge in [0.25, 0.3) is 0 Å². The number of esters is 1. The molecular weight excluding hydrogens is 985 g/mol. The number of aliphatic hydroxyl groups is 4. The van der Waals surface area contributed by atoms with Crippen molar-refractivity contribution in [3.05, 3.63) is 0 Å². The normalized spacial score (nSPS) is 19.4. The van der Waals surface area contributed by atoms with Gasteiger partial charge >= 0.3 is 29.4 Å². The van der Waals surface area contributed by atoms with Crippen LogP contribution >= 0.6 is 35.2 Å². The number of ether oxygens (including phenoxy) is 2. The van der Waals surface area contributed by atoms with Gasteiger partial charge in [0.05, 0.1) is 13.2 Å². The molecule has 0 radical (unpaired) electrons. The van der Waals surface area contributed by atoms with Gasteiger partial charge in [0, 0.05) is 43.1 Å². The van der Waals surface area contributed by atoms with Gasteiger partial charge in [-0.15, -0.1) is 0 Å². The second-order valence-electron chi connectivity index (χ2n) is 14.6. The largest absolute Gasteiger partial charge is 0.472 e. The first-order valence-electron chi connectivity index (χ1n) is 21.9. The Bertz CT molecular complexity index is 2200. The highest BCUT2D eigenvalue weighted by Gasteiger charge is 2.56. The van der Waals surface area contributed by atoms with E-state index in [1.807, 2.05) is 6.92 Å². The SMILES string of the molecule is CC#CC#CC#CC#CC#CC#CC#CSC(=O)CCC.CCCCCCCCCCCCCCCC(=O)O[C@H](COCO)COP(=O)(O)OC1C(O)[C@H](OP(=O)(O)O)[C@H](OP(=O)(O)O)C(O)[C@@H]1O.[HH].[HH].[HH].[HH].[HH].[HH].[HH].[HH].[HH].[HH].[HH].[HH].[HH]. The van der Waals surface area contributed by atoms with Gasteiger partial charge in [0.1, 0.15) is 49.5 Å². The predicted molar refractivity (Wildman–Crippen MR) is 281 cm³/mol. The van der Waals surface area contributed by atoms with Crippen LogP contribution in [0.5, 0.6) is 0 Å². The summed E-state index contributed by atoms with van der Waals surface area (Å²) in [6, 6.07) is 0. The standard InChI is InChI=1S/C26H53O19P3.C19H10OS.13H2/c1-2-3-4-5-6-7-8-9-10-11-12-13-14-15-20(28)42-19(16-40-18-27)17-41-48(38,39)45-24-21(29)22(30)25(43-46(32,33)34)26(23(24)31)44-47(35,36)37;1-3-5-6-7-8-9-10-11-12-13-14-15-16-18-21-19(20)17-4-2;;;;;;;;;;;;;/h19,21-27,29-31H,2-18H2,1H3,(H,38,39)(H2,32,33,34)(H2,35,36,37);4,17H2,1-2H3;13*1H/t19-,21+,22?,23?,24?,25-,26+;;;;;;;;;;;;;;/m1............../s1. The van der Waals surface area contributed by atoms with E-state index in [-0.39, 0.29) is 30.1 Å². The van der Waals surface area contributed by atoms with Crippen LogP contribution in [0.15, 0.2) is 0 Å². The highest BCUT2D eigenvalue weighted by molar-refractivity contribution is 8.17. The fourth-order valence-corrected chi connectivity index (χ4v) is 8.40. The monoisotopic (exact) mass is 1070 g/mol. The van der Waals surface area contributed by atoms with Gasteiger partial charge < -0.3 is 54.4 Å². The van der Waals surface area contributed by atoms with E-state index in [0.29, 0.717) is 12.8 Å². The van der Waals surface area contributed by atoms with E-state index in [2.05, 4.69) is 98.2 Å². The summed E-state index contributed by atoms with van der Waals surface area (Å²) in [5.74, 6) is 32.1. The molecule has 0 aliphatic heterocycles. The van der Waals surface area contributed by atoms with E-state index in [4.69, 9.17) is 43.2 Å². The van der Waals surface area contributed by atoms with Crippen molar-refractivity contribution in [3.63, 3.8) is 0 Å². The Kier molecular flexibility index (Phi) is 37.2. The first-order valence-corrected chi connectivity index (χ1v) is 27.3. The average molecular weight is 1080 g/mol. The molecule has 9 N–H and O–H groups in total. The molecule has 1 aliphatic carbocycles. The van der Waals surface area contributed by atoms with Crippen molar-refractivity contribution in [2.24, 2.45) is 0 Å². The van der Waals surface area contributed by atoms with E-state index in [9.17, 15) is 43.5 Å². The van der Waals surface area contributed by atoms with Gasteiger partial charge in [-0.1, -0.05) is 96.8 Å². The van der Waals surface area contributed by atoms with Crippen LogP contribution < -0.4 is 0 Å². The molecule has 20 nitrogen and oxygen atoms in total. The zero-order valence-corrected chi connectivity index (χ0v) is 42.2. The van der Waals surface area contributed by atoms with Crippen molar-refractivity contribution >= 4 is 46.3 Å². The van der Waals surface area contributed by atoms with Crippen LogP contribution in [0.2, 0.25) is 0 Å². The number of hydrogen-bond acceptors (Lipinski definition) is 16. The summed E-state index contributed by atoms with van der Waals surface area (Å²) in [7, 11) is -16.4. The van der Waals surface area contributed by atoms with Crippen LogP contribution in [-0.4, -0.2) is 119 Å². The molecule has 0 amide bonds. The lowest BCUT2D eigenvalue weighted by Crippen LogP contribution is -2.65. The summed E-state index contributed by atoms with van der Waals surface area (Å²) in [4.78, 5) is 70.2. The summed E-state index contributed by atoms with van der Waals surface area (Å²) >= 11 is 0.965. The van der Waals surface area contributed by atoms with Gasteiger partial charge in [0.15, 0.2) is 0 Å². The highest BCUT2D eigenvalue weighted by atomic mass is 32.2. The van der Waals surface area contributed by atoms with Gasteiger partial charge in [-0.25, -0.2) is 13.7 Å². The molecule has 1 aliphatic rings. The van der Waals surface area contributed by atoms with Crippen molar-refractivity contribution in [3.8, 4) is 82.2 Å². The summed E-state index contributed by atoms with van der Waals surface area (Å²) in [5.41, 5.74) is 0. The van der Waals surface area contributed by atoms with E-state index in [1.54, 1.807) is 6.92 Å². The Morgan fingerprint density at radius 1 is 0.565 bits per heavy atom. The van der Waals surface area contributed by atoms with Gasteiger partial charge in [-0.05, 0) is 96.1 Å². The van der Waals surface area contributed by atoms with E-state index < -0.39 is 92.2 Å². The first-order chi connectivity index (χ1) is 32.7. The molecule has 0 aromatic rings. The molecule has 24 heteroatoms. The Hall–Kier alpha value is -3.46. The summed E-state index contributed by atoms with van der Waals surface area (Å²) in [6.07, 6.45) is -0.338. The molecular formula is C45H89O20P3S. The van der Waals surface area contributed by atoms with E-state index in [1.165, 1.54) is 51.4 Å². The van der Waals surface area contributed by atoms with Crippen LogP contribution in [0.25, 0.3) is 0 Å². The number of carbonyl (C=O) groups excluding carboxylic acids is 2. The van der Waals surface area contributed by atoms with Gasteiger partial charge in [-0.3, -0.25) is 27.7 Å². The molecule has 69 heavy (non-hydrogen) atoms. The highest BCUT2D eigenvalue weighted by Crippen LogP contribution is 2.51. The molecule has 410 valence electrons.